The number of carbonyl (C=O) groups is 2. The molecule has 6 heteroatoms. The molecule has 0 aliphatic rings. The van der Waals surface area contributed by atoms with E-state index in [0.717, 1.165) is 0 Å². The minimum atomic E-state index is -1.04. The molecule has 6 nitrogen and oxygen atoms in total. The SMILES string of the molecule is CC(C)(C)N(C(=O)O)c1ccc(C(=O)NN)cc1. The van der Waals surface area contributed by atoms with E-state index in [1.165, 1.54) is 17.0 Å². The highest BCUT2D eigenvalue weighted by atomic mass is 16.4. The fourth-order valence-corrected chi connectivity index (χ4v) is 1.63. The molecule has 98 valence electrons. The first-order valence-corrected chi connectivity index (χ1v) is 5.41. The van der Waals surface area contributed by atoms with Gasteiger partial charge in [0, 0.05) is 16.8 Å². The van der Waals surface area contributed by atoms with Crippen LogP contribution >= 0.6 is 0 Å². The van der Waals surface area contributed by atoms with Gasteiger partial charge in [-0.3, -0.25) is 15.1 Å². The largest absolute Gasteiger partial charge is 0.465 e. The Balaban J connectivity index is 3.09. The summed E-state index contributed by atoms with van der Waals surface area (Å²) in [5.41, 5.74) is 2.33. The van der Waals surface area contributed by atoms with E-state index in [-0.39, 0.29) is 0 Å². The zero-order valence-electron chi connectivity index (χ0n) is 10.6. The Morgan fingerprint density at radius 2 is 1.72 bits per heavy atom. The second kappa shape index (κ2) is 5.05. The van der Waals surface area contributed by atoms with Gasteiger partial charge in [0.05, 0.1) is 0 Å². The number of nitrogens with zero attached hydrogens (tertiary/aromatic N) is 1. The number of anilines is 1. The fourth-order valence-electron chi connectivity index (χ4n) is 1.63. The molecule has 0 heterocycles. The molecule has 4 N–H and O–H groups in total. The van der Waals surface area contributed by atoms with Crippen molar-refractivity contribution in [3.8, 4) is 0 Å². The Morgan fingerprint density at radius 3 is 2.06 bits per heavy atom. The molecule has 0 unspecified atom stereocenters. The van der Waals surface area contributed by atoms with Gasteiger partial charge < -0.3 is 5.11 Å². The van der Waals surface area contributed by atoms with Gasteiger partial charge in [0.2, 0.25) is 0 Å². The minimum absolute atomic E-state index is 0.375. The van der Waals surface area contributed by atoms with E-state index in [1.807, 2.05) is 5.43 Å². The van der Waals surface area contributed by atoms with Crippen LogP contribution in [0.4, 0.5) is 10.5 Å². The van der Waals surface area contributed by atoms with Crippen molar-refractivity contribution in [2.24, 2.45) is 5.84 Å². The van der Waals surface area contributed by atoms with E-state index in [2.05, 4.69) is 0 Å². The smallest absolute Gasteiger partial charge is 0.412 e. The number of carbonyl (C=O) groups excluding carboxylic acids is 1. The predicted molar refractivity (Wildman–Crippen MR) is 68.4 cm³/mol. The molecule has 0 saturated carbocycles. The number of benzene rings is 1. The number of hydrazine groups is 1. The lowest BCUT2D eigenvalue weighted by Gasteiger charge is -2.33. The van der Waals surface area contributed by atoms with Crippen molar-refractivity contribution in [3.05, 3.63) is 29.8 Å². The molecule has 0 bridgehead atoms. The van der Waals surface area contributed by atoms with Crippen molar-refractivity contribution in [3.63, 3.8) is 0 Å². The molecule has 1 rings (SSSR count). The maximum atomic E-state index is 11.3. The molecule has 0 saturated heterocycles. The number of hydrogen-bond donors (Lipinski definition) is 3. The predicted octanol–water partition coefficient (Wildman–Crippen LogP) is 1.57. The van der Waals surface area contributed by atoms with Crippen molar-refractivity contribution < 1.29 is 14.7 Å². The summed E-state index contributed by atoms with van der Waals surface area (Å²) in [5.74, 6) is 4.60. The van der Waals surface area contributed by atoms with Crippen LogP contribution in [-0.4, -0.2) is 22.6 Å². The Labute approximate surface area is 105 Å². The average molecular weight is 251 g/mol. The maximum absolute atomic E-state index is 11.3. The van der Waals surface area contributed by atoms with Gasteiger partial charge in [0.1, 0.15) is 0 Å². The van der Waals surface area contributed by atoms with Crippen molar-refractivity contribution in [1.82, 2.24) is 5.43 Å². The summed E-state index contributed by atoms with van der Waals surface area (Å²) in [5, 5.41) is 9.21. The van der Waals surface area contributed by atoms with Crippen molar-refractivity contribution in [2.75, 3.05) is 4.90 Å². The molecule has 2 amide bonds. The number of carboxylic acid groups (broad SMARTS) is 1. The summed E-state index contributed by atoms with van der Waals surface area (Å²) in [7, 11) is 0. The van der Waals surface area contributed by atoms with E-state index in [4.69, 9.17) is 5.84 Å². The van der Waals surface area contributed by atoms with Crippen molar-refractivity contribution in [2.45, 2.75) is 26.3 Å². The first-order valence-electron chi connectivity index (χ1n) is 5.41. The second-order valence-electron chi connectivity index (χ2n) is 4.81. The average Bonchev–Trinajstić information content (AvgIpc) is 2.26. The highest BCUT2D eigenvalue weighted by Crippen LogP contribution is 2.24. The number of nitrogens with two attached hydrogens (primary N) is 1. The Morgan fingerprint density at radius 1 is 1.22 bits per heavy atom. The van der Waals surface area contributed by atoms with Crippen LogP contribution in [0.3, 0.4) is 0 Å². The van der Waals surface area contributed by atoms with Crippen LogP contribution in [-0.2, 0) is 0 Å². The topological polar surface area (TPSA) is 95.7 Å². The van der Waals surface area contributed by atoms with E-state index in [0.29, 0.717) is 11.3 Å². The molecule has 0 radical (unpaired) electrons. The third-order valence-electron chi connectivity index (χ3n) is 2.38. The third-order valence-corrected chi connectivity index (χ3v) is 2.38. The lowest BCUT2D eigenvalue weighted by Crippen LogP contribution is -2.45. The van der Waals surface area contributed by atoms with Gasteiger partial charge in [-0.25, -0.2) is 10.6 Å². The number of nitrogens with one attached hydrogen (secondary N) is 1. The summed E-state index contributed by atoms with van der Waals surface area (Å²) >= 11 is 0. The monoisotopic (exact) mass is 251 g/mol. The van der Waals surface area contributed by atoms with Crippen LogP contribution < -0.4 is 16.2 Å². The molecule has 0 spiro atoms. The van der Waals surface area contributed by atoms with Crippen LogP contribution in [0.5, 0.6) is 0 Å². The molecule has 1 aromatic carbocycles. The van der Waals surface area contributed by atoms with E-state index < -0.39 is 17.5 Å². The summed E-state index contributed by atoms with van der Waals surface area (Å²) in [4.78, 5) is 23.7. The zero-order valence-corrected chi connectivity index (χ0v) is 10.6. The molecular formula is C12H17N3O3. The lowest BCUT2D eigenvalue weighted by atomic mass is 10.0. The molecule has 0 atom stereocenters. The number of hydrogen-bond acceptors (Lipinski definition) is 3. The van der Waals surface area contributed by atoms with Crippen LogP contribution in [0, 0.1) is 0 Å². The summed E-state index contributed by atoms with van der Waals surface area (Å²) < 4.78 is 0. The van der Waals surface area contributed by atoms with Crippen LogP contribution in [0.15, 0.2) is 24.3 Å². The molecule has 0 fully saturated rings. The van der Waals surface area contributed by atoms with Gasteiger partial charge in [0.15, 0.2) is 0 Å². The summed E-state index contributed by atoms with van der Waals surface area (Å²) in [6, 6.07) is 6.20. The third kappa shape index (κ3) is 2.98. The number of nitrogen functional groups attached to an aromatic ring is 1. The minimum Gasteiger partial charge on any atom is -0.465 e. The van der Waals surface area contributed by atoms with Gasteiger partial charge >= 0.3 is 6.09 Å². The Bertz CT molecular complexity index is 449. The summed E-state index contributed by atoms with van der Waals surface area (Å²) in [6.07, 6.45) is -1.04. The van der Waals surface area contributed by atoms with Gasteiger partial charge in [-0.05, 0) is 45.0 Å². The lowest BCUT2D eigenvalue weighted by molar-refractivity contribution is 0.0953. The first kappa shape index (κ1) is 14.0. The quantitative estimate of drug-likeness (QED) is 0.422. The fraction of sp³-hybridized carbons (Fsp3) is 0.333. The maximum Gasteiger partial charge on any atom is 0.412 e. The number of rotatable bonds is 2. The van der Waals surface area contributed by atoms with E-state index >= 15 is 0 Å². The molecule has 1 aromatic rings. The van der Waals surface area contributed by atoms with Gasteiger partial charge in [0.25, 0.3) is 5.91 Å². The number of amides is 2. The standard InChI is InChI=1S/C12H17N3O3/c1-12(2,3)15(11(17)18)9-6-4-8(5-7-9)10(16)14-13/h4-7H,13H2,1-3H3,(H,14,16)(H,17,18). The second-order valence-corrected chi connectivity index (χ2v) is 4.81. The normalized spacial score (nSPS) is 10.9. The van der Waals surface area contributed by atoms with Crippen molar-refractivity contribution >= 4 is 17.7 Å². The Hall–Kier alpha value is -2.08. The van der Waals surface area contributed by atoms with Crippen LogP contribution in [0.25, 0.3) is 0 Å². The molecular weight excluding hydrogens is 234 g/mol. The molecule has 18 heavy (non-hydrogen) atoms. The van der Waals surface area contributed by atoms with Crippen molar-refractivity contribution in [1.29, 1.82) is 0 Å². The van der Waals surface area contributed by atoms with Crippen LogP contribution in [0.2, 0.25) is 0 Å². The highest BCUT2D eigenvalue weighted by Gasteiger charge is 2.27. The van der Waals surface area contributed by atoms with Gasteiger partial charge in [-0.1, -0.05) is 0 Å². The Kier molecular flexibility index (Phi) is 3.93. The van der Waals surface area contributed by atoms with E-state index in [9.17, 15) is 14.7 Å². The molecule has 0 aliphatic carbocycles. The van der Waals surface area contributed by atoms with Crippen LogP contribution in [0.1, 0.15) is 31.1 Å². The first-order chi connectivity index (χ1) is 8.27. The van der Waals surface area contributed by atoms with Gasteiger partial charge in [-0.15, -0.1) is 0 Å². The summed E-state index contributed by atoms with van der Waals surface area (Å²) in [6.45, 7) is 5.38. The van der Waals surface area contributed by atoms with E-state index in [1.54, 1.807) is 32.9 Å². The zero-order chi connectivity index (χ0) is 13.9. The molecule has 0 aliphatic heterocycles. The highest BCUT2D eigenvalue weighted by molar-refractivity contribution is 5.95. The molecule has 0 aromatic heterocycles. The van der Waals surface area contributed by atoms with Gasteiger partial charge in [-0.2, -0.15) is 0 Å².